The van der Waals surface area contributed by atoms with Crippen molar-refractivity contribution >= 4 is 29.9 Å². The molecule has 0 saturated carbocycles. The maximum Gasteiger partial charge on any atom is 0.191 e. The molecule has 1 aliphatic rings. The summed E-state index contributed by atoms with van der Waals surface area (Å²) in [5.74, 6) is 0.664. The molecule has 1 heterocycles. The highest BCUT2D eigenvalue weighted by Gasteiger charge is 2.21. The number of piperidine rings is 1. The van der Waals surface area contributed by atoms with Crippen molar-refractivity contribution in [2.24, 2.45) is 4.99 Å². The molecule has 0 aromatic heterocycles. The summed E-state index contributed by atoms with van der Waals surface area (Å²) in [5, 5.41) is 6.97. The quantitative estimate of drug-likeness (QED) is 0.339. The Kier molecular flexibility index (Phi) is 11.3. The average Bonchev–Trinajstić information content (AvgIpc) is 2.63. The van der Waals surface area contributed by atoms with Crippen LogP contribution in [-0.2, 0) is 0 Å². The third-order valence-electron chi connectivity index (χ3n) is 5.25. The minimum atomic E-state index is -0.206. The first kappa shape index (κ1) is 25.1. The van der Waals surface area contributed by atoms with Crippen molar-refractivity contribution in [2.45, 2.75) is 51.7 Å². The first-order valence-electron chi connectivity index (χ1n) is 10.1. The number of nitrogens with zero attached hydrogens (tertiary/aromatic N) is 3. The topological polar surface area (TPSA) is 42.9 Å². The van der Waals surface area contributed by atoms with Crippen LogP contribution in [0.25, 0.3) is 0 Å². The van der Waals surface area contributed by atoms with E-state index in [1.165, 1.54) is 12.1 Å². The van der Waals surface area contributed by atoms with E-state index in [1.54, 1.807) is 0 Å². The van der Waals surface area contributed by atoms with Gasteiger partial charge in [-0.05, 0) is 65.4 Å². The fourth-order valence-electron chi connectivity index (χ4n) is 3.50. The van der Waals surface area contributed by atoms with Gasteiger partial charge in [-0.25, -0.2) is 4.39 Å². The minimum absolute atomic E-state index is 0. The first-order valence-corrected chi connectivity index (χ1v) is 10.1. The highest BCUT2D eigenvalue weighted by Crippen LogP contribution is 2.19. The van der Waals surface area contributed by atoms with Gasteiger partial charge in [0, 0.05) is 31.7 Å². The first-order chi connectivity index (χ1) is 12.9. The third-order valence-corrected chi connectivity index (χ3v) is 5.25. The normalized spacial score (nSPS) is 17.5. The summed E-state index contributed by atoms with van der Waals surface area (Å²) in [6.07, 6.45) is 2.27. The summed E-state index contributed by atoms with van der Waals surface area (Å²) in [6.45, 7) is 10.3. The van der Waals surface area contributed by atoms with Crippen molar-refractivity contribution in [2.75, 3.05) is 40.3 Å². The predicted octanol–water partition coefficient (Wildman–Crippen LogP) is 3.47. The summed E-state index contributed by atoms with van der Waals surface area (Å²) >= 11 is 0. The Morgan fingerprint density at radius 3 is 2.32 bits per heavy atom. The highest BCUT2D eigenvalue weighted by molar-refractivity contribution is 14.0. The van der Waals surface area contributed by atoms with Crippen LogP contribution < -0.4 is 10.6 Å². The summed E-state index contributed by atoms with van der Waals surface area (Å²) < 4.78 is 13.2. The zero-order chi connectivity index (χ0) is 19.8. The molecule has 0 spiro atoms. The Hall–Kier alpha value is -0.930. The van der Waals surface area contributed by atoms with Gasteiger partial charge < -0.3 is 20.4 Å². The van der Waals surface area contributed by atoms with Crippen LogP contribution in [-0.4, -0.2) is 68.1 Å². The van der Waals surface area contributed by atoms with Crippen molar-refractivity contribution in [3.05, 3.63) is 35.6 Å². The molecule has 0 bridgehead atoms. The molecular weight excluding hydrogens is 468 g/mol. The standard InChI is InChI=1S/C21H36FN5.HI/c1-6-23-21(25-19-11-13-27(14-12-19)16(2)3)24-15-20(26(4)5)17-7-9-18(22)10-8-17;/h7-10,16,19-20H,6,11-15H2,1-5H3,(H2,23,24,25);1H. The van der Waals surface area contributed by atoms with Crippen LogP contribution in [0.4, 0.5) is 4.39 Å². The zero-order valence-corrected chi connectivity index (χ0v) is 20.2. The molecule has 1 aromatic rings. The lowest BCUT2D eigenvalue weighted by Crippen LogP contribution is -2.50. The molecule has 0 amide bonds. The molecule has 1 fully saturated rings. The van der Waals surface area contributed by atoms with E-state index in [0.717, 1.165) is 44.0 Å². The summed E-state index contributed by atoms with van der Waals surface area (Å²) in [4.78, 5) is 9.48. The third kappa shape index (κ3) is 7.83. The van der Waals surface area contributed by atoms with Gasteiger partial charge in [0.05, 0.1) is 12.6 Å². The van der Waals surface area contributed by atoms with Gasteiger partial charge in [0.1, 0.15) is 5.82 Å². The van der Waals surface area contributed by atoms with Gasteiger partial charge in [-0.1, -0.05) is 12.1 Å². The summed E-state index contributed by atoms with van der Waals surface area (Å²) in [7, 11) is 4.07. The van der Waals surface area contributed by atoms with Gasteiger partial charge in [0.25, 0.3) is 0 Å². The fraction of sp³-hybridized carbons (Fsp3) is 0.667. The van der Waals surface area contributed by atoms with Crippen molar-refractivity contribution in [1.29, 1.82) is 0 Å². The second-order valence-corrected chi connectivity index (χ2v) is 7.80. The molecule has 1 unspecified atom stereocenters. The Morgan fingerprint density at radius 1 is 1.21 bits per heavy atom. The van der Waals surface area contributed by atoms with Crippen LogP contribution in [0.5, 0.6) is 0 Å². The van der Waals surface area contributed by atoms with Crippen molar-refractivity contribution < 1.29 is 4.39 Å². The van der Waals surface area contributed by atoms with E-state index in [4.69, 9.17) is 4.99 Å². The SMILES string of the molecule is CCNC(=NCC(c1ccc(F)cc1)N(C)C)NC1CCN(C(C)C)CC1.I. The number of benzene rings is 1. The molecule has 1 aliphatic heterocycles. The van der Waals surface area contributed by atoms with Gasteiger partial charge in [-0.15, -0.1) is 24.0 Å². The molecule has 28 heavy (non-hydrogen) atoms. The minimum Gasteiger partial charge on any atom is -0.357 e. The number of aliphatic imine (C=N–C) groups is 1. The van der Waals surface area contributed by atoms with Gasteiger partial charge in [-0.2, -0.15) is 0 Å². The van der Waals surface area contributed by atoms with E-state index >= 15 is 0 Å². The molecule has 7 heteroatoms. The molecule has 0 aliphatic carbocycles. The predicted molar refractivity (Wildman–Crippen MR) is 127 cm³/mol. The maximum absolute atomic E-state index is 13.2. The van der Waals surface area contributed by atoms with Gasteiger partial charge in [0.2, 0.25) is 0 Å². The van der Waals surface area contributed by atoms with Crippen LogP contribution in [0.3, 0.4) is 0 Å². The van der Waals surface area contributed by atoms with E-state index < -0.39 is 0 Å². The maximum atomic E-state index is 13.2. The number of hydrogen-bond donors (Lipinski definition) is 2. The zero-order valence-electron chi connectivity index (χ0n) is 17.9. The van der Waals surface area contributed by atoms with Crippen LogP contribution in [0.2, 0.25) is 0 Å². The second-order valence-electron chi connectivity index (χ2n) is 7.80. The number of likely N-dealkylation sites (N-methyl/N-ethyl adjacent to an activating group) is 1. The fourth-order valence-corrected chi connectivity index (χ4v) is 3.50. The molecule has 2 N–H and O–H groups in total. The largest absolute Gasteiger partial charge is 0.357 e. The van der Waals surface area contributed by atoms with Crippen LogP contribution in [0, 0.1) is 5.82 Å². The lowest BCUT2D eigenvalue weighted by atomic mass is 10.0. The highest BCUT2D eigenvalue weighted by atomic mass is 127. The van der Waals surface area contributed by atoms with E-state index in [-0.39, 0.29) is 35.8 Å². The number of nitrogens with one attached hydrogen (secondary N) is 2. The molecular formula is C21H37FIN5. The summed E-state index contributed by atoms with van der Waals surface area (Å²) in [5.41, 5.74) is 1.08. The van der Waals surface area contributed by atoms with Gasteiger partial charge in [-0.3, -0.25) is 4.99 Å². The average molecular weight is 505 g/mol. The molecule has 160 valence electrons. The molecule has 1 atom stereocenters. The molecule has 1 aromatic carbocycles. The van der Waals surface area contributed by atoms with Gasteiger partial charge in [0.15, 0.2) is 5.96 Å². The van der Waals surface area contributed by atoms with Crippen molar-refractivity contribution in [3.8, 4) is 0 Å². The number of likely N-dealkylation sites (tertiary alicyclic amines) is 1. The van der Waals surface area contributed by atoms with Crippen molar-refractivity contribution in [1.82, 2.24) is 20.4 Å². The Morgan fingerprint density at radius 2 is 1.82 bits per heavy atom. The number of halogens is 2. The van der Waals surface area contributed by atoms with E-state index in [9.17, 15) is 4.39 Å². The molecule has 5 nitrogen and oxygen atoms in total. The molecule has 0 radical (unpaired) electrons. The van der Waals surface area contributed by atoms with Crippen LogP contribution >= 0.6 is 24.0 Å². The van der Waals surface area contributed by atoms with E-state index in [1.807, 2.05) is 26.2 Å². The lowest BCUT2D eigenvalue weighted by Gasteiger charge is -2.35. The van der Waals surface area contributed by atoms with Crippen LogP contribution in [0.1, 0.15) is 45.2 Å². The number of guanidine groups is 1. The van der Waals surface area contributed by atoms with E-state index in [0.29, 0.717) is 18.6 Å². The molecule has 2 rings (SSSR count). The Balaban J connectivity index is 0.00000392. The Labute approximate surface area is 187 Å². The monoisotopic (exact) mass is 505 g/mol. The summed E-state index contributed by atoms with van der Waals surface area (Å²) in [6, 6.07) is 7.91. The lowest BCUT2D eigenvalue weighted by molar-refractivity contribution is 0.167. The number of rotatable bonds is 7. The van der Waals surface area contributed by atoms with Crippen molar-refractivity contribution in [3.63, 3.8) is 0 Å². The molecule has 1 saturated heterocycles. The smallest absolute Gasteiger partial charge is 0.191 e. The van der Waals surface area contributed by atoms with Crippen LogP contribution in [0.15, 0.2) is 29.3 Å². The number of hydrogen-bond acceptors (Lipinski definition) is 3. The van der Waals surface area contributed by atoms with Gasteiger partial charge >= 0.3 is 0 Å². The Bertz CT molecular complexity index is 583. The second kappa shape index (κ2) is 12.6. The van der Waals surface area contributed by atoms with E-state index in [2.05, 4.69) is 41.2 Å².